The Morgan fingerprint density at radius 1 is 1.00 bits per heavy atom. The summed E-state index contributed by atoms with van der Waals surface area (Å²) in [5, 5.41) is 2.94. The van der Waals surface area contributed by atoms with Gasteiger partial charge in [-0.05, 0) is 92.7 Å². The van der Waals surface area contributed by atoms with E-state index in [2.05, 4.69) is 5.32 Å². The number of halogens is 5. The second kappa shape index (κ2) is 10.5. The molecular formula is C31H35F5N2O2. The largest absolute Gasteiger partial charge is 0.426 e. The van der Waals surface area contributed by atoms with E-state index in [1.807, 2.05) is 4.90 Å². The Balaban J connectivity index is 1.46. The van der Waals surface area contributed by atoms with E-state index in [0.29, 0.717) is 57.6 Å². The summed E-state index contributed by atoms with van der Waals surface area (Å²) >= 11 is 0. The molecule has 1 saturated carbocycles. The first kappa shape index (κ1) is 28.6. The van der Waals surface area contributed by atoms with E-state index < -0.39 is 22.8 Å². The van der Waals surface area contributed by atoms with Crippen molar-refractivity contribution in [1.82, 2.24) is 10.2 Å². The monoisotopic (exact) mass is 562 g/mol. The maximum atomic E-state index is 14.9. The molecule has 2 aliphatic carbocycles. The number of aryl methyl sites for hydroxylation is 1. The van der Waals surface area contributed by atoms with Gasteiger partial charge in [0.15, 0.2) is 0 Å². The number of carbonyl (C=O) groups excluding carboxylic acids is 2. The van der Waals surface area contributed by atoms with Gasteiger partial charge in [-0.1, -0.05) is 30.3 Å². The van der Waals surface area contributed by atoms with E-state index in [1.54, 1.807) is 18.2 Å². The van der Waals surface area contributed by atoms with Crippen LogP contribution in [0.2, 0.25) is 0 Å². The summed E-state index contributed by atoms with van der Waals surface area (Å²) in [6, 6.07) is 10.3. The highest BCUT2D eigenvalue weighted by Gasteiger charge is 2.56. The number of benzene rings is 2. The number of carbonyl (C=O) groups is 2. The minimum Gasteiger partial charge on any atom is -0.354 e. The fourth-order valence-electron chi connectivity index (χ4n) is 7.26. The van der Waals surface area contributed by atoms with E-state index in [9.17, 15) is 31.5 Å². The second-order valence-corrected chi connectivity index (χ2v) is 11.9. The second-order valence-electron chi connectivity index (χ2n) is 11.9. The van der Waals surface area contributed by atoms with Crippen LogP contribution in [0.1, 0.15) is 74.6 Å². The number of hydrogen-bond donors (Lipinski definition) is 1. The van der Waals surface area contributed by atoms with Crippen LogP contribution in [0.4, 0.5) is 22.0 Å². The van der Waals surface area contributed by atoms with Crippen LogP contribution in [0.3, 0.4) is 0 Å². The lowest BCUT2D eigenvalue weighted by molar-refractivity contribution is -0.228. The topological polar surface area (TPSA) is 49.4 Å². The van der Waals surface area contributed by atoms with Crippen molar-refractivity contribution in [2.45, 2.75) is 94.6 Å². The molecular weight excluding hydrogens is 527 g/mol. The zero-order valence-corrected chi connectivity index (χ0v) is 22.8. The molecule has 1 saturated heterocycles. The predicted molar refractivity (Wildman–Crippen MR) is 141 cm³/mol. The van der Waals surface area contributed by atoms with Gasteiger partial charge in [0, 0.05) is 36.9 Å². The normalized spacial score (nSPS) is 27.9. The summed E-state index contributed by atoms with van der Waals surface area (Å²) in [4.78, 5) is 27.2. The van der Waals surface area contributed by atoms with Crippen LogP contribution in [-0.4, -0.2) is 41.5 Å². The molecule has 0 radical (unpaired) electrons. The van der Waals surface area contributed by atoms with Crippen molar-refractivity contribution in [2.24, 2.45) is 5.92 Å². The highest BCUT2D eigenvalue weighted by molar-refractivity contribution is 5.80. The molecule has 1 heterocycles. The average Bonchev–Trinajstić information content (AvgIpc) is 3.28. The van der Waals surface area contributed by atoms with Crippen LogP contribution >= 0.6 is 0 Å². The summed E-state index contributed by atoms with van der Waals surface area (Å²) in [5.74, 6) is -0.499. The van der Waals surface area contributed by atoms with Gasteiger partial charge in [0.1, 0.15) is 5.82 Å². The van der Waals surface area contributed by atoms with E-state index >= 15 is 0 Å². The van der Waals surface area contributed by atoms with Gasteiger partial charge < -0.3 is 10.2 Å². The molecule has 40 heavy (non-hydrogen) atoms. The van der Waals surface area contributed by atoms with Crippen molar-refractivity contribution in [3.8, 4) is 0 Å². The Morgan fingerprint density at radius 3 is 2.30 bits per heavy atom. The fourth-order valence-corrected chi connectivity index (χ4v) is 7.26. The molecule has 3 atom stereocenters. The molecule has 1 aliphatic heterocycles. The molecule has 2 fully saturated rings. The molecule has 0 aromatic heterocycles. The van der Waals surface area contributed by atoms with Gasteiger partial charge in [-0.2, -0.15) is 13.2 Å². The lowest BCUT2D eigenvalue weighted by Gasteiger charge is -2.45. The third-order valence-electron chi connectivity index (χ3n) is 9.42. The van der Waals surface area contributed by atoms with Gasteiger partial charge in [-0.15, -0.1) is 0 Å². The first-order valence-corrected chi connectivity index (χ1v) is 14.0. The zero-order chi connectivity index (χ0) is 28.9. The first-order valence-electron chi connectivity index (χ1n) is 14.0. The van der Waals surface area contributed by atoms with E-state index in [1.165, 1.54) is 31.2 Å². The molecule has 4 nitrogen and oxygen atoms in total. The Morgan fingerprint density at radius 2 is 1.68 bits per heavy atom. The van der Waals surface area contributed by atoms with Crippen molar-refractivity contribution < 1.29 is 31.5 Å². The van der Waals surface area contributed by atoms with Crippen molar-refractivity contribution in [3.05, 3.63) is 70.5 Å². The maximum absolute atomic E-state index is 14.9. The molecule has 0 bridgehead atoms. The fraction of sp³-hybridized carbons (Fsp3) is 0.548. The summed E-state index contributed by atoms with van der Waals surface area (Å²) in [6.45, 7) is 2.55. The quantitative estimate of drug-likeness (QED) is 0.435. The molecule has 1 N–H and O–H groups in total. The van der Waals surface area contributed by atoms with Crippen LogP contribution in [0, 0.1) is 11.7 Å². The molecule has 1 unspecified atom stereocenters. The number of nitrogens with one attached hydrogen (secondary N) is 1. The maximum Gasteiger partial charge on any atom is 0.426 e. The summed E-state index contributed by atoms with van der Waals surface area (Å²) in [6.07, 6.45) is -0.0969. The van der Waals surface area contributed by atoms with Gasteiger partial charge in [0.05, 0.1) is 0 Å². The Labute approximate surface area is 231 Å². The van der Waals surface area contributed by atoms with Crippen LogP contribution in [-0.2, 0) is 33.5 Å². The molecule has 0 spiro atoms. The third-order valence-corrected chi connectivity index (χ3v) is 9.42. The van der Waals surface area contributed by atoms with Crippen LogP contribution in [0.5, 0.6) is 0 Å². The van der Waals surface area contributed by atoms with Crippen molar-refractivity contribution in [3.63, 3.8) is 0 Å². The van der Waals surface area contributed by atoms with Crippen molar-refractivity contribution in [1.29, 1.82) is 0 Å². The summed E-state index contributed by atoms with van der Waals surface area (Å²) in [7, 11) is 0. The molecule has 3 aliphatic rings. The minimum atomic E-state index is -5.04. The van der Waals surface area contributed by atoms with E-state index in [0.717, 1.165) is 24.0 Å². The standard InChI is InChI=1S/C31H35F5N2O2/c1-19(39)37-25-11-5-21(6-12-25)28(40)38-16-15-30(18-20-3-9-24(32)10-4-20)26-13-8-23(29(2,33)31(34,35)36)17-22(26)7-14-27(30)38/h3-4,8-10,13,17,21,25,27H,5-7,11-12,14-16,18H2,1-2H3,(H,37,39)/t21-,25+,27-,29?,30-/m1/s1. The van der Waals surface area contributed by atoms with Crippen molar-refractivity contribution in [2.75, 3.05) is 6.54 Å². The Kier molecular flexibility index (Phi) is 7.46. The highest BCUT2D eigenvalue weighted by atomic mass is 19.4. The van der Waals surface area contributed by atoms with Gasteiger partial charge in [-0.3, -0.25) is 9.59 Å². The minimum absolute atomic E-state index is 0.0753. The number of rotatable bonds is 5. The van der Waals surface area contributed by atoms with Crippen LogP contribution in [0.25, 0.3) is 0 Å². The smallest absolute Gasteiger partial charge is 0.354 e. The number of amides is 2. The third kappa shape index (κ3) is 5.12. The predicted octanol–water partition coefficient (Wildman–Crippen LogP) is 6.30. The number of likely N-dealkylation sites (tertiary alicyclic amines) is 1. The number of alkyl halides is 4. The van der Waals surface area contributed by atoms with E-state index in [4.69, 9.17) is 0 Å². The van der Waals surface area contributed by atoms with Crippen LogP contribution in [0.15, 0.2) is 42.5 Å². The van der Waals surface area contributed by atoms with Gasteiger partial charge in [0.25, 0.3) is 0 Å². The molecule has 2 amide bonds. The van der Waals surface area contributed by atoms with E-state index in [-0.39, 0.29) is 35.6 Å². The number of hydrogen-bond acceptors (Lipinski definition) is 2. The van der Waals surface area contributed by atoms with Gasteiger partial charge in [-0.25, -0.2) is 8.78 Å². The lowest BCUT2D eigenvalue weighted by Crippen LogP contribution is -2.51. The molecule has 5 rings (SSSR count). The van der Waals surface area contributed by atoms with Gasteiger partial charge in [0.2, 0.25) is 17.5 Å². The SMILES string of the molecule is CC(=O)N[C@H]1CC[C@@H](C(=O)N2CC[C@@]3(Cc4ccc(F)cc4)c4ccc(C(C)(F)C(F)(F)F)cc4CC[C@@H]23)CC1. The average molecular weight is 563 g/mol. The van der Waals surface area contributed by atoms with Crippen molar-refractivity contribution >= 4 is 11.8 Å². The zero-order valence-electron chi connectivity index (χ0n) is 22.8. The number of fused-ring (bicyclic) bond motifs is 3. The Hall–Kier alpha value is -2.97. The first-order chi connectivity index (χ1) is 18.8. The summed E-state index contributed by atoms with van der Waals surface area (Å²) in [5.41, 5.74) is -2.07. The Bertz CT molecular complexity index is 1270. The molecule has 2 aromatic rings. The highest BCUT2D eigenvalue weighted by Crippen LogP contribution is 2.51. The van der Waals surface area contributed by atoms with Gasteiger partial charge >= 0.3 is 6.18 Å². The lowest BCUT2D eigenvalue weighted by atomic mass is 9.63. The molecule has 9 heteroatoms. The number of nitrogens with zero attached hydrogens (tertiary/aromatic N) is 1. The summed E-state index contributed by atoms with van der Waals surface area (Å²) < 4.78 is 69.1. The molecule has 216 valence electrons. The van der Waals surface area contributed by atoms with Crippen LogP contribution < -0.4 is 5.32 Å². The molecule has 2 aromatic carbocycles.